The number of halogens is 1. The smallest absolute Gasteiger partial charge is 0.229 e. The molecule has 4 rings (SSSR count). The van der Waals surface area contributed by atoms with Gasteiger partial charge in [0.25, 0.3) is 0 Å². The molecule has 0 aliphatic heterocycles. The van der Waals surface area contributed by atoms with Crippen LogP contribution in [0, 0.1) is 0 Å². The molecule has 7 heteroatoms. The molecule has 0 aliphatic carbocycles. The zero-order chi connectivity index (χ0) is 22.3. The van der Waals surface area contributed by atoms with E-state index in [1.807, 2.05) is 72.8 Å². The Hall–Kier alpha value is -2.54. The molecule has 4 aromatic rings. The van der Waals surface area contributed by atoms with Crippen LogP contribution in [0.1, 0.15) is 18.4 Å². The molecule has 0 spiro atoms. The Morgan fingerprint density at radius 3 is 2.62 bits per heavy atom. The molecule has 0 atom stereocenters. The lowest BCUT2D eigenvalue weighted by atomic mass is 10.2. The number of amides is 1. The molecule has 1 heterocycles. The topological polar surface area (TPSA) is 42.4 Å². The summed E-state index contributed by atoms with van der Waals surface area (Å²) in [6, 6.07) is 23.6. The maximum absolute atomic E-state index is 13.2. The number of hydrogen-bond donors (Lipinski definition) is 0. The molecule has 1 amide bonds. The first-order valence-electron chi connectivity index (χ1n) is 10.3. The van der Waals surface area contributed by atoms with Crippen LogP contribution in [-0.4, -0.2) is 23.8 Å². The second kappa shape index (κ2) is 10.9. The van der Waals surface area contributed by atoms with Crippen LogP contribution in [0.4, 0.5) is 5.13 Å². The molecule has 0 bridgehead atoms. The van der Waals surface area contributed by atoms with Crippen LogP contribution in [0.5, 0.6) is 5.75 Å². The third-order valence-corrected chi connectivity index (χ3v) is 7.29. The minimum atomic E-state index is 0.0781. The Bertz CT molecular complexity index is 1180. The summed E-state index contributed by atoms with van der Waals surface area (Å²) in [5.41, 5.74) is 1.93. The highest BCUT2D eigenvalue weighted by Crippen LogP contribution is 2.32. The fourth-order valence-electron chi connectivity index (χ4n) is 3.25. The Kier molecular flexibility index (Phi) is 7.68. The number of hydrogen-bond acceptors (Lipinski definition) is 5. The monoisotopic (exact) mass is 482 g/mol. The molecule has 0 saturated carbocycles. The van der Waals surface area contributed by atoms with Gasteiger partial charge in [-0.1, -0.05) is 53.3 Å². The highest BCUT2D eigenvalue weighted by molar-refractivity contribution is 7.99. The van der Waals surface area contributed by atoms with Crippen molar-refractivity contribution < 1.29 is 9.53 Å². The van der Waals surface area contributed by atoms with E-state index in [0.29, 0.717) is 23.1 Å². The van der Waals surface area contributed by atoms with Crippen molar-refractivity contribution in [3.63, 3.8) is 0 Å². The van der Waals surface area contributed by atoms with Gasteiger partial charge in [-0.05, 0) is 60.2 Å². The normalized spacial score (nSPS) is 10.9. The Morgan fingerprint density at radius 2 is 1.88 bits per heavy atom. The van der Waals surface area contributed by atoms with Crippen LogP contribution in [0.3, 0.4) is 0 Å². The van der Waals surface area contributed by atoms with Gasteiger partial charge in [0.05, 0.1) is 23.9 Å². The molecule has 1 aromatic heterocycles. The van der Waals surface area contributed by atoms with Gasteiger partial charge in [-0.15, -0.1) is 11.8 Å². The van der Waals surface area contributed by atoms with Gasteiger partial charge in [0.1, 0.15) is 5.75 Å². The van der Waals surface area contributed by atoms with E-state index in [1.165, 1.54) is 16.2 Å². The van der Waals surface area contributed by atoms with Crippen LogP contribution in [-0.2, 0) is 11.3 Å². The number of carbonyl (C=O) groups excluding carboxylic acids is 1. The number of thiazole rings is 1. The largest absolute Gasteiger partial charge is 0.497 e. The predicted octanol–water partition coefficient (Wildman–Crippen LogP) is 7.06. The number of aromatic nitrogens is 1. The van der Waals surface area contributed by atoms with Crippen LogP contribution in [0.25, 0.3) is 10.2 Å². The average molecular weight is 483 g/mol. The van der Waals surface area contributed by atoms with Crippen molar-refractivity contribution in [3.8, 4) is 5.75 Å². The first-order chi connectivity index (χ1) is 15.6. The van der Waals surface area contributed by atoms with E-state index in [1.54, 1.807) is 23.8 Å². The Morgan fingerprint density at radius 1 is 1.09 bits per heavy atom. The maximum atomic E-state index is 13.2. The summed E-state index contributed by atoms with van der Waals surface area (Å²) in [4.78, 5) is 20.9. The van der Waals surface area contributed by atoms with Crippen molar-refractivity contribution in [2.45, 2.75) is 24.3 Å². The van der Waals surface area contributed by atoms with E-state index in [2.05, 4.69) is 0 Å². The van der Waals surface area contributed by atoms with E-state index in [4.69, 9.17) is 21.3 Å². The Balaban J connectivity index is 1.44. The standard InChI is InChI=1S/C25H23ClN2O2S2/c1-30-20-10-12-21(13-11-20)31-15-5-8-24(29)28(17-18-6-3-2-4-7-18)25-27-22-14-9-19(26)16-23(22)32-25/h2-4,6-7,9-14,16H,5,8,15,17H2,1H3. The van der Waals surface area contributed by atoms with Gasteiger partial charge in [0, 0.05) is 16.3 Å². The van der Waals surface area contributed by atoms with Crippen LogP contribution < -0.4 is 9.64 Å². The van der Waals surface area contributed by atoms with Gasteiger partial charge in [0.2, 0.25) is 5.91 Å². The number of nitrogens with zero attached hydrogens (tertiary/aromatic N) is 2. The first-order valence-corrected chi connectivity index (χ1v) is 12.5. The van der Waals surface area contributed by atoms with Gasteiger partial charge in [-0.2, -0.15) is 0 Å². The zero-order valence-corrected chi connectivity index (χ0v) is 20.1. The number of benzene rings is 3. The van der Waals surface area contributed by atoms with Gasteiger partial charge in [-0.25, -0.2) is 4.98 Å². The number of fused-ring (bicyclic) bond motifs is 1. The number of anilines is 1. The van der Waals surface area contributed by atoms with E-state index in [-0.39, 0.29) is 5.91 Å². The Labute approximate surface area is 201 Å². The highest BCUT2D eigenvalue weighted by atomic mass is 35.5. The number of thioether (sulfide) groups is 1. The third-order valence-electron chi connectivity index (χ3n) is 4.92. The first kappa shape index (κ1) is 22.6. The fourth-order valence-corrected chi connectivity index (χ4v) is 5.36. The lowest BCUT2D eigenvalue weighted by Gasteiger charge is -2.20. The summed E-state index contributed by atoms with van der Waals surface area (Å²) < 4.78 is 6.18. The average Bonchev–Trinajstić information content (AvgIpc) is 3.24. The summed E-state index contributed by atoms with van der Waals surface area (Å²) >= 11 is 9.38. The molecule has 0 unspecified atom stereocenters. The highest BCUT2D eigenvalue weighted by Gasteiger charge is 2.20. The number of rotatable bonds is 9. The maximum Gasteiger partial charge on any atom is 0.229 e. The molecule has 4 nitrogen and oxygen atoms in total. The van der Waals surface area contributed by atoms with Crippen molar-refractivity contribution in [2.24, 2.45) is 0 Å². The second-order valence-corrected chi connectivity index (χ2v) is 9.82. The van der Waals surface area contributed by atoms with E-state index < -0.39 is 0 Å². The zero-order valence-electron chi connectivity index (χ0n) is 17.7. The van der Waals surface area contributed by atoms with Crippen molar-refractivity contribution in [1.82, 2.24) is 4.98 Å². The minimum Gasteiger partial charge on any atom is -0.497 e. The predicted molar refractivity (Wildman–Crippen MR) is 135 cm³/mol. The van der Waals surface area contributed by atoms with Crippen LogP contribution in [0.2, 0.25) is 5.02 Å². The third kappa shape index (κ3) is 5.82. The molecule has 3 aromatic carbocycles. The van der Waals surface area contributed by atoms with Gasteiger partial charge in [-0.3, -0.25) is 9.69 Å². The van der Waals surface area contributed by atoms with Crippen molar-refractivity contribution in [2.75, 3.05) is 17.8 Å². The molecule has 0 saturated heterocycles. The lowest BCUT2D eigenvalue weighted by molar-refractivity contribution is -0.118. The van der Waals surface area contributed by atoms with Crippen molar-refractivity contribution in [3.05, 3.63) is 83.4 Å². The van der Waals surface area contributed by atoms with Crippen LogP contribution in [0.15, 0.2) is 77.7 Å². The molecule has 0 aliphatic rings. The number of ether oxygens (including phenoxy) is 1. The van der Waals surface area contributed by atoms with E-state index >= 15 is 0 Å². The van der Waals surface area contributed by atoms with E-state index in [9.17, 15) is 4.79 Å². The van der Waals surface area contributed by atoms with Crippen LogP contribution >= 0.6 is 34.7 Å². The molecule has 164 valence electrons. The van der Waals surface area contributed by atoms with Gasteiger partial charge < -0.3 is 4.74 Å². The summed E-state index contributed by atoms with van der Waals surface area (Å²) in [5, 5.41) is 1.38. The molecule has 0 N–H and O–H groups in total. The molecular weight excluding hydrogens is 460 g/mol. The van der Waals surface area contributed by atoms with Gasteiger partial charge in [0.15, 0.2) is 5.13 Å². The van der Waals surface area contributed by atoms with E-state index in [0.717, 1.165) is 33.7 Å². The molecular formula is C25H23ClN2O2S2. The molecule has 32 heavy (non-hydrogen) atoms. The molecule has 0 radical (unpaired) electrons. The minimum absolute atomic E-state index is 0.0781. The second-order valence-electron chi connectivity index (χ2n) is 7.20. The van der Waals surface area contributed by atoms with Gasteiger partial charge >= 0.3 is 0 Å². The number of methoxy groups -OCH3 is 1. The lowest BCUT2D eigenvalue weighted by Crippen LogP contribution is -2.30. The molecule has 0 fully saturated rings. The van der Waals surface area contributed by atoms with Crippen molar-refractivity contribution >= 4 is 56.0 Å². The quantitative estimate of drug-likeness (QED) is 0.189. The summed E-state index contributed by atoms with van der Waals surface area (Å²) in [5.74, 6) is 1.79. The SMILES string of the molecule is COc1ccc(SCCCC(=O)N(Cc2ccccc2)c2nc3ccc(Cl)cc3s2)cc1. The summed E-state index contributed by atoms with van der Waals surface area (Å²) in [6.07, 6.45) is 1.25. The van der Waals surface area contributed by atoms with Crippen molar-refractivity contribution in [1.29, 1.82) is 0 Å². The number of carbonyl (C=O) groups is 1. The summed E-state index contributed by atoms with van der Waals surface area (Å²) in [6.45, 7) is 0.499. The summed E-state index contributed by atoms with van der Waals surface area (Å²) in [7, 11) is 1.66. The fraction of sp³-hybridized carbons (Fsp3) is 0.200.